The molecule has 0 aliphatic carbocycles. The number of rotatable bonds is 6. The van der Waals surface area contributed by atoms with E-state index in [0.29, 0.717) is 13.2 Å². The summed E-state index contributed by atoms with van der Waals surface area (Å²) in [4.78, 5) is 4.53. The molecule has 2 aliphatic rings. The van der Waals surface area contributed by atoms with Gasteiger partial charge in [-0.25, -0.2) is 0 Å². The zero-order valence-electron chi connectivity index (χ0n) is 14.8. The third kappa shape index (κ3) is 4.83. The maximum absolute atomic E-state index is 6.12. The van der Waals surface area contributed by atoms with Gasteiger partial charge in [-0.3, -0.25) is 9.80 Å². The molecule has 2 atom stereocenters. The molecule has 0 amide bonds. The SMILES string of the molecule is CCN(CC)C1COCC(N(CC)CC)Oc2ccc(cc2)O1. The molecule has 5 nitrogen and oxygen atoms in total. The van der Waals surface area contributed by atoms with Crippen molar-refractivity contribution in [1.82, 2.24) is 9.80 Å². The highest BCUT2D eigenvalue weighted by Gasteiger charge is 2.23. The number of likely N-dealkylation sites (N-methyl/N-ethyl adjacent to an activating group) is 2. The van der Waals surface area contributed by atoms with Crippen LogP contribution in [-0.4, -0.2) is 61.6 Å². The summed E-state index contributed by atoms with van der Waals surface area (Å²) >= 11 is 0. The van der Waals surface area contributed by atoms with E-state index in [9.17, 15) is 0 Å². The molecule has 0 N–H and O–H groups in total. The van der Waals surface area contributed by atoms with Crippen molar-refractivity contribution in [3.8, 4) is 11.5 Å². The summed E-state index contributed by atoms with van der Waals surface area (Å²) in [6, 6.07) is 7.87. The van der Waals surface area contributed by atoms with Gasteiger partial charge in [0.25, 0.3) is 0 Å². The fourth-order valence-corrected chi connectivity index (χ4v) is 2.87. The number of benzene rings is 1. The van der Waals surface area contributed by atoms with Crippen LogP contribution in [-0.2, 0) is 4.74 Å². The van der Waals surface area contributed by atoms with Gasteiger partial charge in [-0.2, -0.15) is 0 Å². The van der Waals surface area contributed by atoms with E-state index in [2.05, 4.69) is 37.5 Å². The summed E-state index contributed by atoms with van der Waals surface area (Å²) in [6.07, 6.45) is -0.155. The Morgan fingerprint density at radius 1 is 0.739 bits per heavy atom. The van der Waals surface area contributed by atoms with Crippen molar-refractivity contribution in [2.45, 2.75) is 40.2 Å². The number of hydrogen-bond donors (Lipinski definition) is 0. The minimum Gasteiger partial charge on any atom is -0.473 e. The lowest BCUT2D eigenvalue weighted by Crippen LogP contribution is -2.45. The fraction of sp³-hybridized carbons (Fsp3) is 0.667. The number of nitrogens with zero attached hydrogens (tertiary/aromatic N) is 2. The Balaban J connectivity index is 2.19. The van der Waals surface area contributed by atoms with Gasteiger partial charge in [0, 0.05) is 0 Å². The molecule has 2 heterocycles. The second-order valence-corrected chi connectivity index (χ2v) is 5.60. The van der Waals surface area contributed by atoms with Crippen LogP contribution >= 0.6 is 0 Å². The third-order valence-corrected chi connectivity index (χ3v) is 4.33. The largest absolute Gasteiger partial charge is 0.473 e. The molecule has 0 saturated carbocycles. The van der Waals surface area contributed by atoms with Crippen LogP contribution in [0.25, 0.3) is 0 Å². The van der Waals surface area contributed by atoms with E-state index in [1.807, 2.05) is 24.3 Å². The predicted octanol–water partition coefficient (Wildman–Crippen LogP) is 2.81. The Kier molecular flexibility index (Phi) is 7.15. The summed E-state index contributed by atoms with van der Waals surface area (Å²) in [5.41, 5.74) is 0. The average molecular weight is 322 g/mol. The van der Waals surface area contributed by atoms with Crippen molar-refractivity contribution in [1.29, 1.82) is 0 Å². The minimum atomic E-state index is -0.0775. The van der Waals surface area contributed by atoms with Gasteiger partial charge in [0.05, 0.1) is 13.2 Å². The molecule has 2 aliphatic heterocycles. The highest BCUT2D eigenvalue weighted by molar-refractivity contribution is 5.31. The van der Waals surface area contributed by atoms with E-state index in [1.165, 1.54) is 0 Å². The standard InChI is InChI=1S/C18H30N2O3/c1-5-19(6-2)17-13-21-14-18(20(7-3)8-4)23-16-11-9-15(22-17)10-12-16/h9-12,17-18H,5-8,13-14H2,1-4H3. The van der Waals surface area contributed by atoms with E-state index in [-0.39, 0.29) is 12.5 Å². The first-order valence-electron chi connectivity index (χ1n) is 8.70. The van der Waals surface area contributed by atoms with E-state index in [0.717, 1.165) is 37.7 Å². The Labute approximate surface area is 140 Å². The summed E-state index contributed by atoms with van der Waals surface area (Å²) in [7, 11) is 0. The van der Waals surface area contributed by atoms with Crippen molar-refractivity contribution >= 4 is 0 Å². The molecule has 5 heteroatoms. The highest BCUT2D eigenvalue weighted by atomic mass is 16.6. The zero-order chi connectivity index (χ0) is 16.7. The Hall–Kier alpha value is -1.30. The van der Waals surface area contributed by atoms with Crippen LogP contribution in [0.4, 0.5) is 0 Å². The zero-order valence-corrected chi connectivity index (χ0v) is 14.8. The summed E-state index contributed by atoms with van der Waals surface area (Å²) in [5.74, 6) is 1.69. The molecule has 1 aromatic rings. The Morgan fingerprint density at radius 3 is 1.39 bits per heavy atom. The van der Waals surface area contributed by atoms with Crippen LogP contribution < -0.4 is 9.47 Å². The van der Waals surface area contributed by atoms with Gasteiger partial charge < -0.3 is 14.2 Å². The Morgan fingerprint density at radius 2 is 1.09 bits per heavy atom. The molecule has 0 fully saturated rings. The molecule has 23 heavy (non-hydrogen) atoms. The normalized spacial score (nSPS) is 21.8. The molecule has 0 saturated heterocycles. The molecule has 2 unspecified atom stereocenters. The predicted molar refractivity (Wildman–Crippen MR) is 91.9 cm³/mol. The number of fused-ring (bicyclic) bond motifs is 8. The van der Waals surface area contributed by atoms with E-state index in [1.54, 1.807) is 0 Å². The van der Waals surface area contributed by atoms with Gasteiger partial charge in [-0.1, -0.05) is 27.7 Å². The van der Waals surface area contributed by atoms with Crippen LogP contribution in [0, 0.1) is 0 Å². The summed E-state index contributed by atoms with van der Waals surface area (Å²) in [5, 5.41) is 0. The molecule has 2 bridgehead atoms. The minimum absolute atomic E-state index is 0.0775. The van der Waals surface area contributed by atoms with E-state index < -0.39 is 0 Å². The molecule has 130 valence electrons. The first-order chi connectivity index (χ1) is 11.2. The lowest BCUT2D eigenvalue weighted by Gasteiger charge is -2.31. The highest BCUT2D eigenvalue weighted by Crippen LogP contribution is 2.22. The monoisotopic (exact) mass is 322 g/mol. The van der Waals surface area contributed by atoms with Gasteiger partial charge in [0.1, 0.15) is 11.5 Å². The molecule has 3 rings (SSSR count). The van der Waals surface area contributed by atoms with Crippen LogP contribution in [0.1, 0.15) is 27.7 Å². The second-order valence-electron chi connectivity index (χ2n) is 5.60. The number of ether oxygens (including phenoxy) is 3. The van der Waals surface area contributed by atoms with Gasteiger partial charge in [0.15, 0.2) is 12.5 Å². The second kappa shape index (κ2) is 9.11. The molecular formula is C18H30N2O3. The van der Waals surface area contributed by atoms with Crippen molar-refractivity contribution in [2.75, 3.05) is 39.4 Å². The molecule has 0 spiro atoms. The topological polar surface area (TPSA) is 34.2 Å². The molecule has 1 aromatic carbocycles. The van der Waals surface area contributed by atoms with Crippen molar-refractivity contribution in [2.24, 2.45) is 0 Å². The van der Waals surface area contributed by atoms with Crippen LogP contribution in [0.5, 0.6) is 11.5 Å². The molecule has 0 radical (unpaired) electrons. The third-order valence-electron chi connectivity index (χ3n) is 4.33. The number of hydrogen-bond acceptors (Lipinski definition) is 5. The van der Waals surface area contributed by atoms with Crippen LogP contribution in [0.3, 0.4) is 0 Å². The summed E-state index contributed by atoms with van der Waals surface area (Å²) in [6.45, 7) is 13.3. The molecular weight excluding hydrogens is 292 g/mol. The van der Waals surface area contributed by atoms with Crippen molar-refractivity contribution in [3.05, 3.63) is 24.3 Å². The van der Waals surface area contributed by atoms with Gasteiger partial charge in [0.2, 0.25) is 0 Å². The van der Waals surface area contributed by atoms with Crippen LogP contribution in [0.2, 0.25) is 0 Å². The first kappa shape index (κ1) is 18.0. The van der Waals surface area contributed by atoms with Crippen molar-refractivity contribution < 1.29 is 14.2 Å². The van der Waals surface area contributed by atoms with Gasteiger partial charge in [-0.15, -0.1) is 0 Å². The van der Waals surface area contributed by atoms with Gasteiger partial charge >= 0.3 is 0 Å². The van der Waals surface area contributed by atoms with E-state index >= 15 is 0 Å². The van der Waals surface area contributed by atoms with Gasteiger partial charge in [-0.05, 0) is 50.4 Å². The molecule has 0 aromatic heterocycles. The fourth-order valence-electron chi connectivity index (χ4n) is 2.87. The lowest BCUT2D eigenvalue weighted by atomic mass is 10.3. The lowest BCUT2D eigenvalue weighted by molar-refractivity contribution is -0.0803. The summed E-state index contributed by atoms with van der Waals surface area (Å²) < 4.78 is 18.2. The smallest absolute Gasteiger partial charge is 0.176 e. The Bertz CT molecular complexity index is 403. The van der Waals surface area contributed by atoms with Crippen molar-refractivity contribution in [3.63, 3.8) is 0 Å². The quantitative estimate of drug-likeness (QED) is 0.752. The average Bonchev–Trinajstić information content (AvgIpc) is 2.64. The first-order valence-corrected chi connectivity index (χ1v) is 8.70. The van der Waals surface area contributed by atoms with E-state index in [4.69, 9.17) is 14.2 Å². The maximum Gasteiger partial charge on any atom is 0.176 e. The maximum atomic E-state index is 6.12. The van der Waals surface area contributed by atoms with Crippen LogP contribution in [0.15, 0.2) is 24.3 Å².